The van der Waals surface area contributed by atoms with E-state index in [0.717, 1.165) is 23.1 Å². The Morgan fingerprint density at radius 2 is 2.03 bits per heavy atom. The van der Waals surface area contributed by atoms with Crippen LogP contribution in [-0.2, 0) is 16.0 Å². The molecule has 1 aliphatic heterocycles. The van der Waals surface area contributed by atoms with Crippen molar-refractivity contribution in [2.24, 2.45) is 0 Å². The molecule has 0 aromatic heterocycles. The molecular weight excluding hydrogens is 383 g/mol. The van der Waals surface area contributed by atoms with Gasteiger partial charge in [0, 0.05) is 20.0 Å². The zero-order valence-electron chi connectivity index (χ0n) is 17.4. The average Bonchev–Trinajstić information content (AvgIpc) is 2.75. The highest BCUT2D eigenvalue weighted by Gasteiger charge is 2.31. The number of amides is 2. The maximum Gasteiger partial charge on any atom is 0.261 e. The average molecular weight is 410 g/mol. The molecule has 1 aliphatic rings. The first-order valence-electron chi connectivity index (χ1n) is 10.1. The monoisotopic (exact) mass is 410 g/mol. The van der Waals surface area contributed by atoms with Gasteiger partial charge in [0.1, 0.15) is 11.6 Å². The summed E-state index contributed by atoms with van der Waals surface area (Å²) in [4.78, 5) is 26.4. The van der Waals surface area contributed by atoms with Crippen LogP contribution >= 0.6 is 0 Å². The van der Waals surface area contributed by atoms with E-state index in [9.17, 15) is 14.0 Å². The molecule has 0 radical (unpaired) electrons. The Kier molecular flexibility index (Phi) is 6.87. The van der Waals surface area contributed by atoms with Crippen LogP contribution in [0, 0.1) is 5.82 Å². The van der Waals surface area contributed by atoms with Crippen LogP contribution < -0.4 is 10.1 Å². The Labute approximate surface area is 176 Å². The van der Waals surface area contributed by atoms with Gasteiger partial charge in [0.2, 0.25) is 5.91 Å². The first kappa shape index (κ1) is 21.6. The number of benzene rings is 2. The van der Waals surface area contributed by atoms with Gasteiger partial charge in [-0.05, 0) is 53.8 Å². The molecule has 6 heteroatoms. The van der Waals surface area contributed by atoms with Crippen LogP contribution in [0.5, 0.6) is 5.75 Å². The molecule has 30 heavy (non-hydrogen) atoms. The van der Waals surface area contributed by atoms with E-state index >= 15 is 0 Å². The molecular formula is C24H27FN2O3. The minimum absolute atomic E-state index is 0.0449. The van der Waals surface area contributed by atoms with Crippen LogP contribution in [0.2, 0.25) is 0 Å². The first-order valence-corrected chi connectivity index (χ1v) is 10.1. The summed E-state index contributed by atoms with van der Waals surface area (Å²) < 4.78 is 19.4. The molecule has 1 N–H and O–H groups in total. The van der Waals surface area contributed by atoms with Crippen molar-refractivity contribution < 1.29 is 18.7 Å². The highest BCUT2D eigenvalue weighted by atomic mass is 19.1. The second-order valence-electron chi connectivity index (χ2n) is 7.33. The third kappa shape index (κ3) is 4.70. The molecule has 0 fully saturated rings. The molecule has 5 nitrogen and oxygen atoms in total. The SMILES string of the molecule is C=CCNC(=O)C(CC)Oc1ccc2c(c1)C(c1ccc(F)cc1)N(C(C)=O)CC2. The molecule has 0 saturated heterocycles. The molecule has 158 valence electrons. The fourth-order valence-corrected chi connectivity index (χ4v) is 3.78. The van der Waals surface area contributed by atoms with E-state index < -0.39 is 6.10 Å². The molecule has 2 aromatic carbocycles. The number of carbonyl (C=O) groups is 2. The van der Waals surface area contributed by atoms with E-state index in [1.807, 2.05) is 25.1 Å². The second-order valence-corrected chi connectivity index (χ2v) is 7.33. The molecule has 2 unspecified atom stereocenters. The number of hydrogen-bond acceptors (Lipinski definition) is 3. The molecule has 2 atom stereocenters. The molecule has 3 rings (SSSR count). The summed E-state index contributed by atoms with van der Waals surface area (Å²) in [6, 6.07) is 11.6. The summed E-state index contributed by atoms with van der Waals surface area (Å²) in [6.45, 7) is 8.00. The standard InChI is InChI=1S/C24H27FN2O3/c1-4-13-26-24(29)22(5-2)30-20-11-8-17-12-14-27(16(3)28)23(21(17)15-20)18-6-9-19(25)10-7-18/h4,6-11,15,22-23H,1,5,12-14H2,2-3H3,(H,26,29). The number of halogens is 1. The van der Waals surface area contributed by atoms with Crippen molar-refractivity contribution in [3.05, 3.63) is 77.6 Å². The number of ether oxygens (including phenoxy) is 1. The van der Waals surface area contributed by atoms with Crippen LogP contribution in [0.25, 0.3) is 0 Å². The summed E-state index contributed by atoms with van der Waals surface area (Å²) in [5, 5.41) is 2.76. The Hall–Kier alpha value is -3.15. The van der Waals surface area contributed by atoms with Crippen LogP contribution in [0.1, 0.15) is 43.0 Å². The lowest BCUT2D eigenvalue weighted by molar-refractivity contribution is -0.131. The Balaban J connectivity index is 1.95. The van der Waals surface area contributed by atoms with Crippen molar-refractivity contribution in [1.29, 1.82) is 0 Å². The maximum absolute atomic E-state index is 13.5. The summed E-state index contributed by atoms with van der Waals surface area (Å²) in [7, 11) is 0. The minimum Gasteiger partial charge on any atom is -0.481 e. The van der Waals surface area contributed by atoms with Crippen LogP contribution in [0.3, 0.4) is 0 Å². The van der Waals surface area contributed by atoms with Gasteiger partial charge in [-0.25, -0.2) is 4.39 Å². The van der Waals surface area contributed by atoms with E-state index in [1.54, 1.807) is 30.0 Å². The van der Waals surface area contributed by atoms with Crippen molar-refractivity contribution in [2.45, 2.75) is 38.8 Å². The van der Waals surface area contributed by atoms with E-state index in [2.05, 4.69) is 11.9 Å². The van der Waals surface area contributed by atoms with E-state index in [4.69, 9.17) is 4.74 Å². The van der Waals surface area contributed by atoms with Gasteiger partial charge < -0.3 is 15.0 Å². The fourth-order valence-electron chi connectivity index (χ4n) is 3.78. The highest BCUT2D eigenvalue weighted by Crippen LogP contribution is 2.37. The molecule has 1 heterocycles. The van der Waals surface area contributed by atoms with Crippen LogP contribution in [-0.4, -0.2) is 35.9 Å². The smallest absolute Gasteiger partial charge is 0.261 e. The van der Waals surface area contributed by atoms with Gasteiger partial charge in [0.25, 0.3) is 5.91 Å². The number of rotatable bonds is 7. The highest BCUT2D eigenvalue weighted by molar-refractivity contribution is 5.81. The van der Waals surface area contributed by atoms with Crippen molar-refractivity contribution in [2.75, 3.05) is 13.1 Å². The first-order chi connectivity index (χ1) is 14.4. The lowest BCUT2D eigenvalue weighted by Gasteiger charge is -2.37. The Morgan fingerprint density at radius 1 is 1.30 bits per heavy atom. The van der Waals surface area contributed by atoms with Gasteiger partial charge in [-0.3, -0.25) is 9.59 Å². The van der Waals surface area contributed by atoms with E-state index in [0.29, 0.717) is 25.3 Å². The fraction of sp³-hybridized carbons (Fsp3) is 0.333. The molecule has 0 bridgehead atoms. The van der Waals surface area contributed by atoms with Gasteiger partial charge in [-0.1, -0.05) is 31.2 Å². The van der Waals surface area contributed by atoms with Crippen molar-refractivity contribution in [1.82, 2.24) is 10.2 Å². The number of nitrogens with zero attached hydrogens (tertiary/aromatic N) is 1. The predicted octanol–water partition coefficient (Wildman–Crippen LogP) is 3.78. The molecule has 0 spiro atoms. The number of carbonyl (C=O) groups excluding carboxylic acids is 2. The minimum atomic E-state index is -0.625. The molecule has 2 aromatic rings. The third-order valence-corrected chi connectivity index (χ3v) is 5.30. The van der Waals surface area contributed by atoms with Crippen molar-refractivity contribution >= 4 is 11.8 Å². The van der Waals surface area contributed by atoms with E-state index in [-0.39, 0.29) is 23.7 Å². The zero-order chi connectivity index (χ0) is 21.7. The van der Waals surface area contributed by atoms with Gasteiger partial charge >= 0.3 is 0 Å². The van der Waals surface area contributed by atoms with Gasteiger partial charge in [-0.15, -0.1) is 6.58 Å². The summed E-state index contributed by atoms with van der Waals surface area (Å²) in [6.07, 6.45) is 2.23. The predicted molar refractivity (Wildman–Crippen MR) is 114 cm³/mol. The lowest BCUT2D eigenvalue weighted by Crippen LogP contribution is -2.39. The lowest BCUT2D eigenvalue weighted by atomic mass is 9.88. The van der Waals surface area contributed by atoms with Crippen molar-refractivity contribution in [3.63, 3.8) is 0 Å². The quantitative estimate of drug-likeness (QED) is 0.707. The summed E-state index contributed by atoms with van der Waals surface area (Å²) in [5.41, 5.74) is 2.88. The van der Waals surface area contributed by atoms with Gasteiger partial charge in [0.15, 0.2) is 6.10 Å². The Bertz CT molecular complexity index is 927. The van der Waals surface area contributed by atoms with E-state index in [1.165, 1.54) is 12.1 Å². The van der Waals surface area contributed by atoms with Crippen LogP contribution in [0.4, 0.5) is 4.39 Å². The van der Waals surface area contributed by atoms with Gasteiger partial charge in [-0.2, -0.15) is 0 Å². The van der Waals surface area contributed by atoms with Crippen molar-refractivity contribution in [3.8, 4) is 5.75 Å². The topological polar surface area (TPSA) is 58.6 Å². The van der Waals surface area contributed by atoms with Gasteiger partial charge in [0.05, 0.1) is 6.04 Å². The number of nitrogens with one attached hydrogen (secondary N) is 1. The summed E-state index contributed by atoms with van der Waals surface area (Å²) in [5.74, 6) is -0.00321. The molecule has 0 aliphatic carbocycles. The Morgan fingerprint density at radius 3 is 2.67 bits per heavy atom. The molecule has 0 saturated carbocycles. The molecule has 2 amide bonds. The third-order valence-electron chi connectivity index (χ3n) is 5.30. The second kappa shape index (κ2) is 9.57. The number of hydrogen-bond donors (Lipinski definition) is 1. The number of fused-ring (bicyclic) bond motifs is 1. The maximum atomic E-state index is 13.5. The normalized spacial score (nSPS) is 16.4. The zero-order valence-corrected chi connectivity index (χ0v) is 17.4. The van der Waals surface area contributed by atoms with Crippen LogP contribution in [0.15, 0.2) is 55.1 Å². The summed E-state index contributed by atoms with van der Waals surface area (Å²) >= 11 is 0. The largest absolute Gasteiger partial charge is 0.481 e.